The van der Waals surface area contributed by atoms with Crippen molar-refractivity contribution in [3.8, 4) is 17.0 Å². The van der Waals surface area contributed by atoms with E-state index in [0.717, 1.165) is 25.2 Å². The van der Waals surface area contributed by atoms with Crippen molar-refractivity contribution in [1.29, 1.82) is 0 Å². The summed E-state index contributed by atoms with van der Waals surface area (Å²) in [6, 6.07) is 9.18. The number of unbranched alkanes of at least 4 members (excludes halogenated alkanes) is 2. The molecule has 1 aromatic carbocycles. The van der Waals surface area contributed by atoms with Gasteiger partial charge in [0.05, 0.1) is 12.3 Å². The predicted molar refractivity (Wildman–Crippen MR) is 110 cm³/mol. The van der Waals surface area contributed by atoms with Crippen LogP contribution in [0.25, 0.3) is 11.3 Å². The van der Waals surface area contributed by atoms with Gasteiger partial charge in [-0.05, 0) is 67.7 Å². The molecule has 1 aliphatic rings. The van der Waals surface area contributed by atoms with Gasteiger partial charge in [0, 0.05) is 17.8 Å². The number of pyridine rings is 1. The Morgan fingerprint density at radius 1 is 1.04 bits per heavy atom. The molecular formula is C24H32FNO. The molecule has 27 heavy (non-hydrogen) atoms. The van der Waals surface area contributed by atoms with E-state index in [-0.39, 0.29) is 5.82 Å². The van der Waals surface area contributed by atoms with E-state index in [4.69, 9.17) is 4.74 Å². The van der Waals surface area contributed by atoms with E-state index in [2.05, 4.69) is 24.9 Å². The molecule has 2 nitrogen and oxygen atoms in total. The smallest absolute Gasteiger partial charge is 0.136 e. The quantitative estimate of drug-likeness (QED) is 0.461. The van der Waals surface area contributed by atoms with Gasteiger partial charge in [-0.3, -0.25) is 4.98 Å². The molecule has 0 saturated heterocycles. The molecule has 3 heteroatoms. The number of aromatic nitrogens is 1. The van der Waals surface area contributed by atoms with E-state index in [0.29, 0.717) is 29.5 Å². The van der Waals surface area contributed by atoms with Crippen LogP contribution in [0.4, 0.5) is 4.39 Å². The first-order valence-corrected chi connectivity index (χ1v) is 10.6. The third kappa shape index (κ3) is 5.31. The highest BCUT2D eigenvalue weighted by Crippen LogP contribution is 2.37. The van der Waals surface area contributed by atoms with Gasteiger partial charge in [-0.1, -0.05) is 39.2 Å². The summed E-state index contributed by atoms with van der Waals surface area (Å²) in [7, 11) is 0. The molecule has 1 aromatic heterocycles. The van der Waals surface area contributed by atoms with Gasteiger partial charge in [-0.25, -0.2) is 4.39 Å². The van der Waals surface area contributed by atoms with Crippen LogP contribution in [-0.4, -0.2) is 11.6 Å². The van der Waals surface area contributed by atoms with Crippen LogP contribution in [0.1, 0.15) is 76.7 Å². The standard InChI is InChI=1S/C24H32FNO/c1-3-5-6-15-27-21-12-13-22(23(25)16-21)24-14-11-20(17-26-24)19-9-7-18(4-2)8-10-19/h11-14,16-19H,3-10,15H2,1-2H3. The molecule has 0 amide bonds. The fraction of sp³-hybridized carbons (Fsp3) is 0.542. The lowest BCUT2D eigenvalue weighted by atomic mass is 9.78. The highest BCUT2D eigenvalue weighted by Gasteiger charge is 2.21. The van der Waals surface area contributed by atoms with Crippen molar-refractivity contribution in [1.82, 2.24) is 4.98 Å². The Morgan fingerprint density at radius 2 is 1.85 bits per heavy atom. The zero-order valence-corrected chi connectivity index (χ0v) is 16.7. The number of rotatable bonds is 8. The van der Waals surface area contributed by atoms with E-state index in [1.807, 2.05) is 18.3 Å². The first-order valence-electron chi connectivity index (χ1n) is 10.6. The molecule has 0 aliphatic heterocycles. The molecule has 1 heterocycles. The highest BCUT2D eigenvalue weighted by atomic mass is 19.1. The number of halogens is 1. The van der Waals surface area contributed by atoms with E-state index in [1.165, 1.54) is 43.7 Å². The largest absolute Gasteiger partial charge is 0.493 e. The van der Waals surface area contributed by atoms with Gasteiger partial charge in [0.2, 0.25) is 0 Å². The monoisotopic (exact) mass is 369 g/mol. The zero-order valence-electron chi connectivity index (χ0n) is 16.7. The van der Waals surface area contributed by atoms with E-state index >= 15 is 0 Å². The molecule has 1 aliphatic carbocycles. The first kappa shape index (κ1) is 19.9. The van der Waals surface area contributed by atoms with Crippen molar-refractivity contribution < 1.29 is 9.13 Å². The van der Waals surface area contributed by atoms with E-state index < -0.39 is 0 Å². The molecule has 1 saturated carbocycles. The minimum Gasteiger partial charge on any atom is -0.493 e. The van der Waals surface area contributed by atoms with E-state index in [1.54, 1.807) is 6.07 Å². The van der Waals surface area contributed by atoms with Crippen molar-refractivity contribution in [3.05, 3.63) is 47.9 Å². The number of ether oxygens (including phenoxy) is 1. The van der Waals surface area contributed by atoms with Crippen LogP contribution in [0.5, 0.6) is 5.75 Å². The second kappa shape index (κ2) is 9.87. The first-order chi connectivity index (χ1) is 13.2. The molecule has 0 bridgehead atoms. The van der Waals surface area contributed by atoms with Crippen molar-refractivity contribution in [2.24, 2.45) is 5.92 Å². The molecule has 0 radical (unpaired) electrons. The number of benzene rings is 1. The second-order valence-corrected chi connectivity index (χ2v) is 7.80. The van der Waals surface area contributed by atoms with E-state index in [9.17, 15) is 4.39 Å². The molecule has 3 rings (SSSR count). The molecule has 0 unspecified atom stereocenters. The summed E-state index contributed by atoms with van der Waals surface area (Å²) in [5.41, 5.74) is 2.53. The van der Waals surface area contributed by atoms with Crippen LogP contribution in [0.15, 0.2) is 36.5 Å². The third-order valence-electron chi connectivity index (χ3n) is 5.91. The van der Waals surface area contributed by atoms with Crippen LogP contribution in [0.3, 0.4) is 0 Å². The second-order valence-electron chi connectivity index (χ2n) is 7.80. The lowest BCUT2D eigenvalue weighted by molar-refractivity contribution is 0.305. The lowest BCUT2D eigenvalue weighted by Gasteiger charge is -2.27. The molecule has 146 valence electrons. The normalized spacial score (nSPS) is 19.8. The van der Waals surface area contributed by atoms with Gasteiger partial charge in [0.25, 0.3) is 0 Å². The molecule has 0 spiro atoms. The molecule has 2 aromatic rings. The summed E-state index contributed by atoms with van der Waals surface area (Å²) >= 11 is 0. The minimum atomic E-state index is -0.272. The number of hydrogen-bond donors (Lipinski definition) is 0. The van der Waals surface area contributed by atoms with Crippen LogP contribution in [-0.2, 0) is 0 Å². The predicted octanol–water partition coefficient (Wildman–Crippen LogP) is 7.14. The maximum absolute atomic E-state index is 14.5. The third-order valence-corrected chi connectivity index (χ3v) is 5.91. The number of nitrogens with zero attached hydrogens (tertiary/aromatic N) is 1. The van der Waals surface area contributed by atoms with Crippen LogP contribution < -0.4 is 4.74 Å². The van der Waals surface area contributed by atoms with Crippen LogP contribution in [0, 0.1) is 11.7 Å². The Morgan fingerprint density at radius 3 is 2.48 bits per heavy atom. The van der Waals surface area contributed by atoms with Gasteiger partial charge in [0.15, 0.2) is 0 Å². The Hall–Kier alpha value is -1.90. The Balaban J connectivity index is 1.63. The number of hydrogen-bond acceptors (Lipinski definition) is 2. The fourth-order valence-electron chi connectivity index (χ4n) is 4.05. The summed E-state index contributed by atoms with van der Waals surface area (Å²) in [6.45, 7) is 5.08. The Bertz CT molecular complexity index is 705. The van der Waals surface area contributed by atoms with Crippen molar-refractivity contribution in [3.63, 3.8) is 0 Å². The van der Waals surface area contributed by atoms with Crippen molar-refractivity contribution >= 4 is 0 Å². The lowest BCUT2D eigenvalue weighted by Crippen LogP contribution is -2.12. The maximum atomic E-state index is 14.5. The highest BCUT2D eigenvalue weighted by molar-refractivity contribution is 5.61. The summed E-state index contributed by atoms with van der Waals surface area (Å²) in [5.74, 6) is 1.83. The Kier molecular flexibility index (Phi) is 7.25. The SMILES string of the molecule is CCCCCOc1ccc(-c2ccc(C3CCC(CC)CC3)cn2)c(F)c1. The van der Waals surface area contributed by atoms with Gasteiger partial charge in [-0.15, -0.1) is 0 Å². The summed E-state index contributed by atoms with van der Waals surface area (Å²) in [5, 5.41) is 0. The average molecular weight is 370 g/mol. The maximum Gasteiger partial charge on any atom is 0.136 e. The van der Waals surface area contributed by atoms with Crippen LogP contribution in [0.2, 0.25) is 0 Å². The summed E-state index contributed by atoms with van der Waals surface area (Å²) in [4.78, 5) is 4.56. The van der Waals surface area contributed by atoms with Crippen LogP contribution >= 0.6 is 0 Å². The topological polar surface area (TPSA) is 22.1 Å². The Labute approximate surface area is 163 Å². The molecular weight excluding hydrogens is 337 g/mol. The minimum absolute atomic E-state index is 0.272. The van der Waals surface area contributed by atoms with Crippen molar-refractivity contribution in [2.75, 3.05) is 6.61 Å². The van der Waals surface area contributed by atoms with Crippen molar-refractivity contribution in [2.45, 2.75) is 71.1 Å². The fourth-order valence-corrected chi connectivity index (χ4v) is 4.05. The zero-order chi connectivity index (χ0) is 19.1. The van der Waals surface area contributed by atoms with Gasteiger partial charge in [-0.2, -0.15) is 0 Å². The molecule has 0 atom stereocenters. The molecule has 0 N–H and O–H groups in total. The van der Waals surface area contributed by atoms with Gasteiger partial charge >= 0.3 is 0 Å². The summed E-state index contributed by atoms with van der Waals surface area (Å²) in [6.07, 6.45) is 11.7. The molecule has 1 fully saturated rings. The van der Waals surface area contributed by atoms with Gasteiger partial charge in [0.1, 0.15) is 11.6 Å². The summed E-state index contributed by atoms with van der Waals surface area (Å²) < 4.78 is 20.2. The van der Waals surface area contributed by atoms with Gasteiger partial charge < -0.3 is 4.74 Å². The average Bonchev–Trinajstić information content (AvgIpc) is 2.72.